The summed E-state index contributed by atoms with van der Waals surface area (Å²) in [7, 11) is 3.02. The molecule has 0 saturated carbocycles. The molecule has 2 N–H and O–H groups in total. The van der Waals surface area contributed by atoms with Crippen LogP contribution in [0.25, 0.3) is 0 Å². The molecule has 1 aromatic rings. The lowest BCUT2D eigenvalue weighted by molar-refractivity contribution is 0.0145. The van der Waals surface area contributed by atoms with Crippen molar-refractivity contribution in [3.63, 3.8) is 0 Å². The van der Waals surface area contributed by atoms with Gasteiger partial charge < -0.3 is 19.7 Å². The van der Waals surface area contributed by atoms with Crippen molar-refractivity contribution < 1.29 is 19.7 Å². The standard InChI is InChI=1S/C12H18O4S/c1-15-9-4-3-5-10(16-2)11(9)12(14)8(13)6-7-17/h3-5,8,12-14,17H,6-7H2,1-2H3. The molecular weight excluding hydrogens is 240 g/mol. The first-order chi connectivity index (χ1) is 8.15. The van der Waals surface area contributed by atoms with Gasteiger partial charge in [0.1, 0.15) is 17.6 Å². The van der Waals surface area contributed by atoms with Crippen LogP contribution < -0.4 is 9.47 Å². The summed E-state index contributed by atoms with van der Waals surface area (Å²) in [5, 5.41) is 19.9. The molecule has 0 fully saturated rings. The Morgan fingerprint density at radius 2 is 1.71 bits per heavy atom. The number of thiol groups is 1. The molecule has 1 aromatic carbocycles. The first-order valence-corrected chi connectivity index (χ1v) is 5.96. The number of rotatable bonds is 6. The maximum Gasteiger partial charge on any atom is 0.128 e. The molecule has 5 heteroatoms. The minimum Gasteiger partial charge on any atom is -0.496 e. The van der Waals surface area contributed by atoms with Crippen molar-refractivity contribution in [2.75, 3.05) is 20.0 Å². The van der Waals surface area contributed by atoms with Crippen LogP contribution in [0.3, 0.4) is 0 Å². The monoisotopic (exact) mass is 258 g/mol. The maximum atomic E-state index is 10.1. The van der Waals surface area contributed by atoms with E-state index in [4.69, 9.17) is 9.47 Å². The Morgan fingerprint density at radius 3 is 2.12 bits per heavy atom. The van der Waals surface area contributed by atoms with Gasteiger partial charge in [-0.05, 0) is 24.3 Å². The first-order valence-electron chi connectivity index (χ1n) is 5.33. The van der Waals surface area contributed by atoms with E-state index in [0.717, 1.165) is 0 Å². The van der Waals surface area contributed by atoms with Gasteiger partial charge in [0.2, 0.25) is 0 Å². The minimum atomic E-state index is -1.05. The summed E-state index contributed by atoms with van der Waals surface area (Å²) in [5.41, 5.74) is 0.465. The summed E-state index contributed by atoms with van der Waals surface area (Å²) < 4.78 is 10.3. The van der Waals surface area contributed by atoms with Crippen LogP contribution >= 0.6 is 12.6 Å². The lowest BCUT2D eigenvalue weighted by Gasteiger charge is -2.21. The largest absolute Gasteiger partial charge is 0.496 e. The summed E-state index contributed by atoms with van der Waals surface area (Å²) in [6.07, 6.45) is -1.54. The predicted molar refractivity (Wildman–Crippen MR) is 69.0 cm³/mol. The molecule has 0 radical (unpaired) electrons. The zero-order valence-electron chi connectivity index (χ0n) is 9.96. The second-order valence-electron chi connectivity index (χ2n) is 3.60. The molecule has 4 nitrogen and oxygen atoms in total. The molecule has 1 rings (SSSR count). The quantitative estimate of drug-likeness (QED) is 0.675. The summed E-state index contributed by atoms with van der Waals surface area (Å²) in [6.45, 7) is 0. The molecule has 17 heavy (non-hydrogen) atoms. The van der Waals surface area contributed by atoms with Crippen molar-refractivity contribution in [1.82, 2.24) is 0 Å². The lowest BCUT2D eigenvalue weighted by Crippen LogP contribution is -2.20. The van der Waals surface area contributed by atoms with Gasteiger partial charge in [0.25, 0.3) is 0 Å². The van der Waals surface area contributed by atoms with Crippen molar-refractivity contribution in [3.8, 4) is 11.5 Å². The van der Waals surface area contributed by atoms with E-state index in [2.05, 4.69) is 12.6 Å². The van der Waals surface area contributed by atoms with Crippen LogP contribution in [0, 0.1) is 0 Å². The van der Waals surface area contributed by atoms with Gasteiger partial charge in [-0.3, -0.25) is 0 Å². The summed E-state index contributed by atoms with van der Waals surface area (Å²) >= 11 is 4.03. The number of hydrogen-bond acceptors (Lipinski definition) is 5. The van der Waals surface area contributed by atoms with Gasteiger partial charge >= 0.3 is 0 Å². The second kappa shape index (κ2) is 6.74. The summed E-state index contributed by atoms with van der Waals surface area (Å²) in [6, 6.07) is 5.20. The first kappa shape index (κ1) is 14.2. The number of hydrogen-bond donors (Lipinski definition) is 3. The molecule has 0 aliphatic heterocycles. The van der Waals surface area contributed by atoms with Crippen LogP contribution in [0.1, 0.15) is 18.1 Å². The predicted octanol–water partition coefficient (Wildman–Crippen LogP) is 1.42. The van der Waals surface area contributed by atoms with Crippen molar-refractivity contribution in [2.45, 2.75) is 18.6 Å². The zero-order valence-corrected chi connectivity index (χ0v) is 10.9. The van der Waals surface area contributed by atoms with Crippen molar-refractivity contribution in [3.05, 3.63) is 23.8 Å². The van der Waals surface area contributed by atoms with Crippen molar-refractivity contribution >= 4 is 12.6 Å². The summed E-state index contributed by atoms with van der Waals surface area (Å²) in [5.74, 6) is 1.49. The van der Waals surface area contributed by atoms with Crippen LogP contribution in [-0.4, -0.2) is 36.3 Å². The van der Waals surface area contributed by atoms with Crippen molar-refractivity contribution in [2.24, 2.45) is 0 Å². The highest BCUT2D eigenvalue weighted by molar-refractivity contribution is 7.80. The molecule has 2 unspecified atom stereocenters. The van der Waals surface area contributed by atoms with E-state index in [9.17, 15) is 10.2 Å². The van der Waals surface area contributed by atoms with Gasteiger partial charge in [-0.25, -0.2) is 0 Å². The molecule has 2 atom stereocenters. The number of aliphatic hydroxyl groups excluding tert-OH is 2. The SMILES string of the molecule is COc1cccc(OC)c1C(O)C(O)CCS. The molecule has 0 heterocycles. The number of ether oxygens (including phenoxy) is 2. The Hall–Kier alpha value is -0.910. The van der Waals surface area contributed by atoms with E-state index in [0.29, 0.717) is 29.2 Å². The van der Waals surface area contributed by atoms with Gasteiger partial charge in [-0.1, -0.05) is 6.07 Å². The smallest absolute Gasteiger partial charge is 0.128 e. The van der Waals surface area contributed by atoms with Crippen LogP contribution in [0.2, 0.25) is 0 Å². The maximum absolute atomic E-state index is 10.1. The molecule has 0 aliphatic rings. The van der Waals surface area contributed by atoms with Gasteiger partial charge in [0.05, 0.1) is 25.9 Å². The highest BCUT2D eigenvalue weighted by Crippen LogP contribution is 2.36. The molecular formula is C12H18O4S. The number of aliphatic hydroxyl groups is 2. The van der Waals surface area contributed by atoms with Gasteiger partial charge in [-0.15, -0.1) is 0 Å². The molecule has 0 aromatic heterocycles. The highest BCUT2D eigenvalue weighted by atomic mass is 32.1. The minimum absolute atomic E-state index is 0.394. The Morgan fingerprint density at radius 1 is 1.18 bits per heavy atom. The average molecular weight is 258 g/mol. The Bertz CT molecular complexity index is 334. The second-order valence-corrected chi connectivity index (χ2v) is 4.05. The normalized spacial score (nSPS) is 14.2. The Kier molecular flexibility index (Phi) is 5.61. The Balaban J connectivity index is 3.08. The molecule has 96 valence electrons. The fourth-order valence-electron chi connectivity index (χ4n) is 1.65. The van der Waals surface area contributed by atoms with Crippen LogP contribution in [-0.2, 0) is 0 Å². The fourth-order valence-corrected chi connectivity index (χ4v) is 1.92. The third-order valence-corrected chi connectivity index (χ3v) is 2.81. The third kappa shape index (κ3) is 3.28. The number of methoxy groups -OCH3 is 2. The van der Waals surface area contributed by atoms with E-state index in [1.54, 1.807) is 18.2 Å². The van der Waals surface area contributed by atoms with Gasteiger partial charge in [0, 0.05) is 0 Å². The lowest BCUT2D eigenvalue weighted by atomic mass is 10.0. The Labute approximate surface area is 107 Å². The van der Waals surface area contributed by atoms with E-state index in [1.165, 1.54) is 14.2 Å². The average Bonchev–Trinajstić information content (AvgIpc) is 2.37. The molecule has 0 saturated heterocycles. The van der Waals surface area contributed by atoms with E-state index >= 15 is 0 Å². The molecule has 0 aliphatic carbocycles. The third-order valence-electron chi connectivity index (χ3n) is 2.55. The van der Waals surface area contributed by atoms with Crippen LogP contribution in [0.15, 0.2) is 18.2 Å². The number of benzene rings is 1. The molecule has 0 amide bonds. The van der Waals surface area contributed by atoms with Gasteiger partial charge in [0.15, 0.2) is 0 Å². The van der Waals surface area contributed by atoms with Crippen molar-refractivity contribution in [1.29, 1.82) is 0 Å². The van der Waals surface area contributed by atoms with E-state index in [-0.39, 0.29) is 0 Å². The van der Waals surface area contributed by atoms with Crippen LogP contribution in [0.4, 0.5) is 0 Å². The fraction of sp³-hybridized carbons (Fsp3) is 0.500. The molecule has 0 spiro atoms. The molecule has 0 bridgehead atoms. The summed E-state index contributed by atoms with van der Waals surface area (Å²) in [4.78, 5) is 0. The van der Waals surface area contributed by atoms with E-state index in [1.807, 2.05) is 0 Å². The van der Waals surface area contributed by atoms with Gasteiger partial charge in [-0.2, -0.15) is 12.6 Å². The highest BCUT2D eigenvalue weighted by Gasteiger charge is 2.24. The zero-order chi connectivity index (χ0) is 12.8. The van der Waals surface area contributed by atoms with E-state index < -0.39 is 12.2 Å². The van der Waals surface area contributed by atoms with Crippen LogP contribution in [0.5, 0.6) is 11.5 Å². The topological polar surface area (TPSA) is 58.9 Å².